The Balaban J connectivity index is 0.000000371. The van der Waals surface area contributed by atoms with Gasteiger partial charge < -0.3 is 25.0 Å². The molecule has 1 amide bonds. The number of fused-ring (bicyclic) bond motifs is 2. The first-order valence-electron chi connectivity index (χ1n) is 11.8. The van der Waals surface area contributed by atoms with Crippen molar-refractivity contribution in [3.05, 3.63) is 58.7 Å². The van der Waals surface area contributed by atoms with Crippen LogP contribution in [0.1, 0.15) is 35.1 Å². The lowest BCUT2D eigenvalue weighted by Gasteiger charge is -2.31. The lowest BCUT2D eigenvalue weighted by molar-refractivity contribution is -0.143. The number of carbonyl (C=O) groups is 3. The predicted molar refractivity (Wildman–Crippen MR) is 130 cm³/mol. The maximum atomic E-state index is 12.7. The highest BCUT2D eigenvalue weighted by Crippen LogP contribution is 2.39. The number of benzene rings is 2. The molecule has 35 heavy (non-hydrogen) atoms. The number of anilines is 1. The lowest BCUT2D eigenvalue weighted by Crippen LogP contribution is -2.39. The summed E-state index contributed by atoms with van der Waals surface area (Å²) in [4.78, 5) is 33.7. The second-order valence-electron chi connectivity index (χ2n) is 8.38. The van der Waals surface area contributed by atoms with E-state index in [1.54, 1.807) is 4.90 Å². The summed E-state index contributed by atoms with van der Waals surface area (Å²) in [6.45, 7) is 5.45. The fourth-order valence-electron chi connectivity index (χ4n) is 4.14. The number of ether oxygens (including phenoxy) is 2. The molecule has 0 aromatic heterocycles. The number of nitrogens with one attached hydrogen (secondary N) is 1. The lowest BCUT2D eigenvalue weighted by atomic mass is 9.95. The van der Waals surface area contributed by atoms with Gasteiger partial charge in [0.25, 0.3) is 0 Å². The van der Waals surface area contributed by atoms with Gasteiger partial charge in [-0.25, -0.2) is 4.79 Å². The highest BCUT2D eigenvalue weighted by molar-refractivity contribution is 5.91. The first kappa shape index (κ1) is 26.0. The molecule has 0 fully saturated rings. The van der Waals surface area contributed by atoms with Crippen LogP contribution in [0.2, 0.25) is 0 Å². The minimum atomic E-state index is -1.08. The largest absolute Gasteiger partial charge is 0.489 e. The Labute approximate surface area is 204 Å². The molecule has 2 aliphatic heterocycles. The molecular weight excluding hydrogens is 452 g/mol. The van der Waals surface area contributed by atoms with Crippen LogP contribution in [-0.4, -0.2) is 61.1 Å². The summed E-state index contributed by atoms with van der Waals surface area (Å²) in [6.07, 6.45) is 1.81. The van der Waals surface area contributed by atoms with Crippen LogP contribution < -0.4 is 15.0 Å². The Hall–Kier alpha value is -3.59. The van der Waals surface area contributed by atoms with Crippen LogP contribution in [0.3, 0.4) is 0 Å². The molecular formula is C26H32N2O7. The average molecular weight is 485 g/mol. The van der Waals surface area contributed by atoms with Crippen LogP contribution in [0.25, 0.3) is 0 Å². The van der Waals surface area contributed by atoms with Gasteiger partial charge >= 0.3 is 18.0 Å². The third-order valence-corrected chi connectivity index (χ3v) is 5.93. The molecule has 2 aliphatic rings. The second-order valence-corrected chi connectivity index (χ2v) is 8.38. The zero-order chi connectivity index (χ0) is 25.2. The van der Waals surface area contributed by atoms with Crippen LogP contribution in [-0.2, 0) is 33.6 Å². The van der Waals surface area contributed by atoms with Crippen LogP contribution in [0, 0.1) is 6.92 Å². The molecule has 9 heteroatoms. The summed E-state index contributed by atoms with van der Waals surface area (Å²) in [5, 5.41) is 19.2. The first-order valence-corrected chi connectivity index (χ1v) is 11.8. The van der Waals surface area contributed by atoms with Gasteiger partial charge in [0.2, 0.25) is 0 Å². The van der Waals surface area contributed by atoms with Crippen molar-refractivity contribution in [3.8, 4) is 5.75 Å². The molecule has 2 aromatic rings. The topological polar surface area (TPSA) is 125 Å². The van der Waals surface area contributed by atoms with Crippen LogP contribution in [0.4, 0.5) is 10.5 Å². The average Bonchev–Trinajstić information content (AvgIpc) is 3.09. The first-order chi connectivity index (χ1) is 16.9. The summed E-state index contributed by atoms with van der Waals surface area (Å²) >= 11 is 0. The normalized spacial score (nSPS) is 14.3. The van der Waals surface area contributed by atoms with Gasteiger partial charge in [-0.15, -0.1) is 0 Å². The molecule has 0 bridgehead atoms. The molecule has 2 aromatic carbocycles. The van der Waals surface area contributed by atoms with E-state index in [0.29, 0.717) is 19.8 Å². The summed E-state index contributed by atoms with van der Waals surface area (Å²) in [5.74, 6) is -1.32. The van der Waals surface area contributed by atoms with E-state index >= 15 is 0 Å². The van der Waals surface area contributed by atoms with Crippen molar-refractivity contribution < 1.29 is 34.1 Å². The number of carbonyl (C=O) groups excluding carboxylic acids is 1. The van der Waals surface area contributed by atoms with Crippen LogP contribution in [0.5, 0.6) is 5.75 Å². The summed E-state index contributed by atoms with van der Waals surface area (Å²) < 4.78 is 11.5. The Kier molecular flexibility index (Phi) is 9.48. The molecule has 0 saturated carbocycles. The zero-order valence-electron chi connectivity index (χ0n) is 19.9. The molecule has 0 radical (unpaired) electrons. The zero-order valence-corrected chi connectivity index (χ0v) is 19.9. The van der Waals surface area contributed by atoms with E-state index in [-0.39, 0.29) is 18.9 Å². The van der Waals surface area contributed by atoms with Crippen LogP contribution in [0.15, 0.2) is 36.4 Å². The van der Waals surface area contributed by atoms with Gasteiger partial charge in [0.05, 0.1) is 31.7 Å². The molecule has 9 nitrogen and oxygen atoms in total. The quantitative estimate of drug-likeness (QED) is 0.571. The van der Waals surface area contributed by atoms with Gasteiger partial charge in [-0.05, 0) is 61.2 Å². The van der Waals surface area contributed by atoms with E-state index in [0.717, 1.165) is 49.4 Å². The van der Waals surface area contributed by atoms with Gasteiger partial charge in [-0.3, -0.25) is 14.5 Å². The molecule has 188 valence electrons. The summed E-state index contributed by atoms with van der Waals surface area (Å²) in [6, 6.07) is 12.2. The number of aliphatic carboxylic acids is 2. The highest BCUT2D eigenvalue weighted by Gasteiger charge is 2.29. The number of hydrogen-bond donors (Lipinski definition) is 3. The van der Waals surface area contributed by atoms with Crippen molar-refractivity contribution in [1.82, 2.24) is 5.32 Å². The molecule has 4 rings (SSSR count). The number of rotatable bonds is 6. The number of carboxylic acids is 2. The molecule has 3 N–H and O–H groups in total. The SMILES string of the molecule is Cc1c2c(cc3c1OCCN3C(=O)OCCc1ccccc1)CCNCC2.O=C(O)CCC(=O)O. The van der Waals surface area contributed by atoms with Gasteiger partial charge in [0.1, 0.15) is 12.4 Å². The van der Waals surface area contributed by atoms with Crippen molar-refractivity contribution >= 4 is 23.7 Å². The third kappa shape index (κ3) is 7.45. The van der Waals surface area contributed by atoms with E-state index < -0.39 is 11.9 Å². The number of amides is 1. The molecule has 0 atom stereocenters. The Bertz CT molecular complexity index is 1030. The van der Waals surface area contributed by atoms with E-state index in [9.17, 15) is 14.4 Å². The third-order valence-electron chi connectivity index (χ3n) is 5.93. The van der Waals surface area contributed by atoms with Crippen molar-refractivity contribution in [2.75, 3.05) is 37.7 Å². The molecule has 0 saturated heterocycles. The number of hydrogen-bond acceptors (Lipinski definition) is 6. The fraction of sp³-hybridized carbons (Fsp3) is 0.423. The van der Waals surface area contributed by atoms with Gasteiger partial charge in [0, 0.05) is 6.42 Å². The smallest absolute Gasteiger partial charge is 0.414 e. The monoisotopic (exact) mass is 484 g/mol. The second kappa shape index (κ2) is 12.8. The minimum Gasteiger partial charge on any atom is -0.489 e. The van der Waals surface area contributed by atoms with E-state index in [1.807, 2.05) is 30.3 Å². The van der Waals surface area contributed by atoms with Gasteiger partial charge in [0.15, 0.2) is 0 Å². The maximum Gasteiger partial charge on any atom is 0.414 e. The molecule has 2 heterocycles. The van der Waals surface area contributed by atoms with Crippen molar-refractivity contribution in [3.63, 3.8) is 0 Å². The Morgan fingerprint density at radius 3 is 2.43 bits per heavy atom. The standard InChI is InChI=1S/C22H26N2O3.C4H6O4/c1-16-19-8-11-23-10-7-18(19)15-20-21(16)26-14-12-24(20)22(25)27-13-9-17-5-3-2-4-6-17;5-3(6)1-2-4(7)8/h2-6,15,23H,7-14H2,1H3;1-2H2,(H,5,6)(H,7,8). The Morgan fingerprint density at radius 1 is 1.06 bits per heavy atom. The van der Waals surface area contributed by atoms with E-state index in [2.05, 4.69) is 18.3 Å². The van der Waals surface area contributed by atoms with Crippen molar-refractivity contribution in [1.29, 1.82) is 0 Å². The van der Waals surface area contributed by atoms with Gasteiger partial charge in [-0.1, -0.05) is 30.3 Å². The van der Waals surface area contributed by atoms with Crippen molar-refractivity contribution in [2.45, 2.75) is 39.0 Å². The molecule has 0 aliphatic carbocycles. The summed E-state index contributed by atoms with van der Waals surface area (Å²) in [7, 11) is 0. The van der Waals surface area contributed by atoms with Gasteiger partial charge in [-0.2, -0.15) is 0 Å². The number of nitrogens with zero attached hydrogens (tertiary/aromatic N) is 1. The molecule has 0 unspecified atom stereocenters. The highest BCUT2D eigenvalue weighted by atomic mass is 16.6. The fourth-order valence-corrected chi connectivity index (χ4v) is 4.14. The maximum absolute atomic E-state index is 12.7. The summed E-state index contributed by atoms with van der Waals surface area (Å²) in [5.41, 5.74) is 5.85. The minimum absolute atomic E-state index is 0.290. The van der Waals surface area contributed by atoms with Crippen molar-refractivity contribution in [2.24, 2.45) is 0 Å². The molecule has 0 spiro atoms. The predicted octanol–water partition coefficient (Wildman–Crippen LogP) is 3.20. The number of carboxylic acid groups (broad SMARTS) is 2. The Morgan fingerprint density at radius 2 is 1.74 bits per heavy atom. The van der Waals surface area contributed by atoms with E-state index in [4.69, 9.17) is 19.7 Å². The van der Waals surface area contributed by atoms with Crippen LogP contribution >= 0.6 is 0 Å². The van der Waals surface area contributed by atoms with E-state index in [1.165, 1.54) is 16.7 Å².